The van der Waals surface area contributed by atoms with E-state index < -0.39 is 0 Å². The second-order valence-corrected chi connectivity index (χ2v) is 6.64. The number of carbonyl (C=O) groups is 1. The van der Waals surface area contributed by atoms with Crippen LogP contribution in [0.15, 0.2) is 24.3 Å². The number of hydrogen-bond acceptors (Lipinski definition) is 3. The van der Waals surface area contributed by atoms with Crippen LogP contribution in [-0.2, 0) is 6.54 Å². The number of anilines is 1. The van der Waals surface area contributed by atoms with Crippen LogP contribution in [0.1, 0.15) is 18.4 Å². The van der Waals surface area contributed by atoms with Gasteiger partial charge in [-0.3, -0.25) is 4.90 Å². The molecule has 2 aliphatic rings. The van der Waals surface area contributed by atoms with Crippen molar-refractivity contribution < 1.29 is 4.79 Å². The summed E-state index contributed by atoms with van der Waals surface area (Å²) in [6.07, 6.45) is 2.22. The lowest BCUT2D eigenvalue weighted by Gasteiger charge is -2.27. The molecule has 0 atom stereocenters. The van der Waals surface area contributed by atoms with Crippen molar-refractivity contribution in [2.24, 2.45) is 0 Å². The van der Waals surface area contributed by atoms with Crippen LogP contribution in [0, 0.1) is 0 Å². The minimum absolute atomic E-state index is 0.0749. The Morgan fingerprint density at radius 1 is 1.25 bits per heavy atom. The number of para-hydroxylation sites is 1. The molecule has 1 aromatic carbocycles. The van der Waals surface area contributed by atoms with E-state index in [1.807, 2.05) is 30.0 Å². The predicted octanol–water partition coefficient (Wildman–Crippen LogP) is 2.52. The molecule has 20 heavy (non-hydrogen) atoms. The van der Waals surface area contributed by atoms with Crippen LogP contribution in [0.2, 0.25) is 0 Å². The molecule has 0 aromatic heterocycles. The number of hydrogen-bond donors (Lipinski definition) is 2. The lowest BCUT2D eigenvalue weighted by molar-refractivity contribution is 0.251. The molecule has 1 saturated heterocycles. The van der Waals surface area contributed by atoms with Gasteiger partial charge in [0.2, 0.25) is 0 Å². The molecule has 5 heteroatoms. The summed E-state index contributed by atoms with van der Waals surface area (Å²) in [6.45, 7) is 3.18. The largest absolute Gasteiger partial charge is 0.335 e. The van der Waals surface area contributed by atoms with Gasteiger partial charge in [-0.15, -0.1) is 0 Å². The van der Waals surface area contributed by atoms with Crippen molar-refractivity contribution in [1.82, 2.24) is 10.2 Å². The first-order valence-corrected chi connectivity index (χ1v) is 8.42. The fraction of sp³-hybridized carbons (Fsp3) is 0.533. The molecule has 4 nitrogen and oxygen atoms in total. The van der Waals surface area contributed by atoms with Crippen LogP contribution in [0.4, 0.5) is 10.5 Å². The van der Waals surface area contributed by atoms with Gasteiger partial charge in [-0.1, -0.05) is 18.2 Å². The average molecular weight is 291 g/mol. The van der Waals surface area contributed by atoms with Crippen LogP contribution in [0.5, 0.6) is 0 Å². The van der Waals surface area contributed by atoms with Gasteiger partial charge in [0.15, 0.2) is 0 Å². The van der Waals surface area contributed by atoms with Crippen molar-refractivity contribution in [2.45, 2.75) is 25.4 Å². The highest BCUT2D eigenvalue weighted by atomic mass is 32.2. The lowest BCUT2D eigenvalue weighted by Crippen LogP contribution is -2.33. The number of nitrogens with zero attached hydrogens (tertiary/aromatic N) is 1. The number of rotatable bonds is 4. The highest BCUT2D eigenvalue weighted by molar-refractivity contribution is 7.99. The monoisotopic (exact) mass is 291 g/mol. The Bertz CT molecular complexity index is 470. The molecule has 1 heterocycles. The highest BCUT2D eigenvalue weighted by Gasteiger charge is 2.23. The van der Waals surface area contributed by atoms with Crippen LogP contribution < -0.4 is 10.6 Å². The molecule has 0 unspecified atom stereocenters. The fourth-order valence-electron chi connectivity index (χ4n) is 2.35. The molecule has 0 bridgehead atoms. The molecule has 2 amide bonds. The van der Waals surface area contributed by atoms with E-state index in [2.05, 4.69) is 21.6 Å². The molecule has 0 spiro atoms. The molecule has 2 fully saturated rings. The summed E-state index contributed by atoms with van der Waals surface area (Å²) < 4.78 is 0. The molecular formula is C15H21N3OS. The van der Waals surface area contributed by atoms with Crippen molar-refractivity contribution in [1.29, 1.82) is 0 Å². The second kappa shape index (κ2) is 6.50. The van der Waals surface area contributed by atoms with Crippen molar-refractivity contribution >= 4 is 23.5 Å². The summed E-state index contributed by atoms with van der Waals surface area (Å²) in [4.78, 5) is 14.3. The normalized spacial score (nSPS) is 19.6. The first-order valence-electron chi connectivity index (χ1n) is 7.27. The molecule has 1 saturated carbocycles. The first-order chi connectivity index (χ1) is 9.81. The molecular weight excluding hydrogens is 270 g/mol. The Morgan fingerprint density at radius 2 is 2.00 bits per heavy atom. The maximum atomic E-state index is 11.9. The van der Waals surface area contributed by atoms with Gasteiger partial charge in [0.1, 0.15) is 0 Å². The van der Waals surface area contributed by atoms with Gasteiger partial charge in [0.25, 0.3) is 0 Å². The number of thioether (sulfide) groups is 1. The SMILES string of the molecule is O=C(Nc1ccccc1CN1CCSCC1)NC1CC1. The maximum Gasteiger partial charge on any atom is 0.319 e. The van der Waals surface area contributed by atoms with E-state index in [9.17, 15) is 4.79 Å². The molecule has 3 rings (SSSR count). The summed E-state index contributed by atoms with van der Waals surface area (Å²) in [5.41, 5.74) is 2.13. The number of benzene rings is 1. The number of urea groups is 1. The van der Waals surface area contributed by atoms with Crippen LogP contribution >= 0.6 is 11.8 Å². The molecule has 1 aliphatic heterocycles. The van der Waals surface area contributed by atoms with Crippen molar-refractivity contribution in [2.75, 3.05) is 29.9 Å². The number of nitrogens with one attached hydrogen (secondary N) is 2. The zero-order chi connectivity index (χ0) is 13.8. The smallest absolute Gasteiger partial charge is 0.319 e. The third kappa shape index (κ3) is 3.90. The van der Waals surface area contributed by atoms with Crippen LogP contribution in [0.25, 0.3) is 0 Å². The summed E-state index contributed by atoms with van der Waals surface area (Å²) in [6, 6.07) is 8.42. The topological polar surface area (TPSA) is 44.4 Å². The minimum atomic E-state index is -0.0749. The van der Waals surface area contributed by atoms with Gasteiger partial charge >= 0.3 is 6.03 Å². The summed E-state index contributed by atoms with van der Waals surface area (Å²) in [7, 11) is 0. The van der Waals surface area contributed by atoms with Gasteiger partial charge in [-0.25, -0.2) is 4.79 Å². The van der Waals surface area contributed by atoms with Gasteiger partial charge < -0.3 is 10.6 Å². The van der Waals surface area contributed by atoms with Crippen LogP contribution in [-0.4, -0.2) is 41.6 Å². The number of amides is 2. The van der Waals surface area contributed by atoms with Gasteiger partial charge in [-0.2, -0.15) is 11.8 Å². The molecule has 0 radical (unpaired) electrons. The van der Waals surface area contributed by atoms with Crippen molar-refractivity contribution in [3.8, 4) is 0 Å². The average Bonchev–Trinajstić information content (AvgIpc) is 3.26. The summed E-state index contributed by atoms with van der Waals surface area (Å²) in [5.74, 6) is 2.41. The standard InChI is InChI=1S/C15H21N3OS/c19-15(16-13-5-6-13)17-14-4-2-1-3-12(14)11-18-7-9-20-10-8-18/h1-4,13H,5-11H2,(H2,16,17,19). The van der Waals surface area contributed by atoms with Crippen molar-refractivity contribution in [3.05, 3.63) is 29.8 Å². The van der Waals surface area contributed by atoms with E-state index in [-0.39, 0.29) is 6.03 Å². The summed E-state index contributed by atoms with van der Waals surface area (Å²) >= 11 is 2.02. The maximum absolute atomic E-state index is 11.9. The molecule has 1 aromatic rings. The second-order valence-electron chi connectivity index (χ2n) is 5.42. The van der Waals surface area contributed by atoms with E-state index in [1.165, 1.54) is 17.1 Å². The zero-order valence-corrected chi connectivity index (χ0v) is 12.4. The summed E-state index contributed by atoms with van der Waals surface area (Å²) in [5, 5.41) is 5.96. The van der Waals surface area contributed by atoms with E-state index in [1.54, 1.807) is 0 Å². The Kier molecular flexibility index (Phi) is 4.47. The van der Waals surface area contributed by atoms with Gasteiger partial charge in [-0.05, 0) is 24.5 Å². The molecule has 1 aliphatic carbocycles. The Hall–Kier alpha value is -1.20. The van der Waals surface area contributed by atoms with E-state index in [0.29, 0.717) is 6.04 Å². The van der Waals surface area contributed by atoms with E-state index in [4.69, 9.17) is 0 Å². The molecule has 2 N–H and O–H groups in total. The third-order valence-corrected chi connectivity index (χ3v) is 4.62. The van der Waals surface area contributed by atoms with E-state index >= 15 is 0 Å². The zero-order valence-electron chi connectivity index (χ0n) is 11.6. The van der Waals surface area contributed by atoms with Gasteiger partial charge in [0.05, 0.1) is 0 Å². The van der Waals surface area contributed by atoms with Crippen molar-refractivity contribution in [3.63, 3.8) is 0 Å². The Morgan fingerprint density at radius 3 is 2.75 bits per heavy atom. The quantitative estimate of drug-likeness (QED) is 0.896. The van der Waals surface area contributed by atoms with Gasteiger partial charge in [0, 0.05) is 42.9 Å². The van der Waals surface area contributed by atoms with Crippen LogP contribution in [0.3, 0.4) is 0 Å². The Labute approximate surface area is 124 Å². The number of carbonyl (C=O) groups excluding carboxylic acids is 1. The van der Waals surface area contributed by atoms with E-state index in [0.717, 1.165) is 38.2 Å². The third-order valence-electron chi connectivity index (χ3n) is 3.68. The lowest BCUT2D eigenvalue weighted by atomic mass is 10.1. The highest BCUT2D eigenvalue weighted by Crippen LogP contribution is 2.21. The predicted molar refractivity (Wildman–Crippen MR) is 84.2 cm³/mol. The fourth-order valence-corrected chi connectivity index (χ4v) is 3.33. The first kappa shape index (κ1) is 13.8. The Balaban J connectivity index is 1.62. The molecule has 108 valence electrons. The minimum Gasteiger partial charge on any atom is -0.335 e.